The van der Waals surface area contributed by atoms with Crippen LogP contribution in [0.5, 0.6) is 5.75 Å². The quantitative estimate of drug-likeness (QED) is 0.645. The highest BCUT2D eigenvalue weighted by Crippen LogP contribution is 2.28. The summed E-state index contributed by atoms with van der Waals surface area (Å²) in [6.45, 7) is 3.68. The molecule has 0 radical (unpaired) electrons. The molecule has 1 aromatic rings. The highest BCUT2D eigenvalue weighted by Gasteiger charge is 2.04. The van der Waals surface area contributed by atoms with Crippen LogP contribution < -0.4 is 4.74 Å². The largest absolute Gasteiger partial charge is 0.494 e. The lowest BCUT2D eigenvalue weighted by molar-refractivity contribution is 0.403. The first-order valence-corrected chi connectivity index (χ1v) is 4.47. The molecule has 1 rings (SSSR count). The summed E-state index contributed by atoms with van der Waals surface area (Å²) in [4.78, 5) is 0. The van der Waals surface area contributed by atoms with E-state index >= 15 is 0 Å². The molecule has 60 valence electrons. The third kappa shape index (κ3) is 1.43. The Hall–Kier alpha value is -0.830. The Morgan fingerprint density at radius 1 is 1.73 bits per heavy atom. The van der Waals surface area contributed by atoms with E-state index in [4.69, 9.17) is 4.74 Å². The Morgan fingerprint density at radius 3 is 2.91 bits per heavy atom. The molecule has 0 aromatic carbocycles. The van der Waals surface area contributed by atoms with E-state index in [9.17, 15) is 0 Å². The summed E-state index contributed by atoms with van der Waals surface area (Å²) in [5.74, 6) is 0.900. The number of thioether (sulfide) groups is 1. The summed E-state index contributed by atoms with van der Waals surface area (Å²) in [5.41, 5.74) is 0. The van der Waals surface area contributed by atoms with Crippen molar-refractivity contribution in [1.82, 2.24) is 4.57 Å². The Kier molecular flexibility index (Phi) is 2.65. The summed E-state index contributed by atoms with van der Waals surface area (Å²) in [5, 5.41) is 1.09. The first-order valence-electron chi connectivity index (χ1n) is 3.25. The predicted molar refractivity (Wildman–Crippen MR) is 49.2 cm³/mol. The van der Waals surface area contributed by atoms with Gasteiger partial charge in [0.2, 0.25) is 0 Å². The van der Waals surface area contributed by atoms with Gasteiger partial charge in [0.15, 0.2) is 5.75 Å². The molecule has 1 heterocycles. The number of aromatic nitrogens is 1. The van der Waals surface area contributed by atoms with E-state index < -0.39 is 0 Å². The van der Waals surface area contributed by atoms with E-state index in [1.807, 2.05) is 23.1 Å². The van der Waals surface area contributed by atoms with Crippen molar-refractivity contribution in [2.75, 3.05) is 13.4 Å². The van der Waals surface area contributed by atoms with Crippen LogP contribution in [0.2, 0.25) is 0 Å². The highest BCUT2D eigenvalue weighted by molar-refractivity contribution is 7.98. The smallest absolute Gasteiger partial charge is 0.150 e. The second-order valence-electron chi connectivity index (χ2n) is 1.98. The van der Waals surface area contributed by atoms with E-state index in [0.29, 0.717) is 0 Å². The average Bonchev–Trinajstić information content (AvgIpc) is 2.45. The normalized spacial score (nSPS) is 9.64. The molecule has 0 aliphatic heterocycles. The summed E-state index contributed by atoms with van der Waals surface area (Å²) >= 11 is 1.64. The molecule has 1 aromatic heterocycles. The molecule has 0 unspecified atom stereocenters. The van der Waals surface area contributed by atoms with Crippen LogP contribution in [0.1, 0.15) is 0 Å². The van der Waals surface area contributed by atoms with Gasteiger partial charge in [0.25, 0.3) is 0 Å². The second-order valence-corrected chi connectivity index (χ2v) is 2.78. The molecule has 0 bridgehead atoms. The molecule has 0 fully saturated rings. The maximum atomic E-state index is 5.13. The lowest BCUT2D eigenvalue weighted by atomic mass is 10.6. The lowest BCUT2D eigenvalue weighted by Crippen LogP contribution is -1.87. The first kappa shape index (κ1) is 8.27. The van der Waals surface area contributed by atoms with Gasteiger partial charge in [-0.1, -0.05) is 6.58 Å². The van der Waals surface area contributed by atoms with Gasteiger partial charge in [0.05, 0.1) is 7.11 Å². The molecule has 0 N–H and O–H groups in total. The molecular weight excluding hydrogens is 158 g/mol. The van der Waals surface area contributed by atoms with Crippen LogP contribution >= 0.6 is 11.8 Å². The molecule has 0 aliphatic carbocycles. The monoisotopic (exact) mass is 169 g/mol. The van der Waals surface area contributed by atoms with Crippen molar-refractivity contribution < 1.29 is 4.74 Å². The Bertz CT molecular complexity index is 255. The van der Waals surface area contributed by atoms with Gasteiger partial charge < -0.3 is 9.30 Å². The zero-order valence-corrected chi connectivity index (χ0v) is 7.52. The summed E-state index contributed by atoms with van der Waals surface area (Å²) in [7, 11) is 1.67. The molecule has 0 saturated carbocycles. The van der Waals surface area contributed by atoms with Gasteiger partial charge in [-0.2, -0.15) is 0 Å². The van der Waals surface area contributed by atoms with Crippen LogP contribution in [-0.4, -0.2) is 17.9 Å². The SMILES string of the molecule is C=Cn1ccc(OC)c1SC. The minimum Gasteiger partial charge on any atom is -0.494 e. The lowest BCUT2D eigenvalue weighted by Gasteiger charge is -2.02. The molecule has 0 saturated heterocycles. The molecule has 0 atom stereocenters. The summed E-state index contributed by atoms with van der Waals surface area (Å²) < 4.78 is 7.06. The molecule has 0 spiro atoms. The van der Waals surface area contributed by atoms with E-state index in [-0.39, 0.29) is 0 Å². The Labute approximate surface area is 70.9 Å². The second kappa shape index (κ2) is 3.53. The predicted octanol–water partition coefficient (Wildman–Crippen LogP) is 2.32. The maximum Gasteiger partial charge on any atom is 0.150 e. The van der Waals surface area contributed by atoms with Crippen LogP contribution in [0.3, 0.4) is 0 Å². The van der Waals surface area contributed by atoms with Gasteiger partial charge in [-0.05, 0) is 12.3 Å². The van der Waals surface area contributed by atoms with Crippen molar-refractivity contribution in [3.8, 4) is 5.75 Å². The Balaban J connectivity index is 3.08. The van der Waals surface area contributed by atoms with Crippen LogP contribution in [0.25, 0.3) is 6.20 Å². The third-order valence-corrected chi connectivity index (χ3v) is 2.24. The first-order chi connectivity index (χ1) is 5.33. The van der Waals surface area contributed by atoms with Gasteiger partial charge in [-0.15, -0.1) is 11.8 Å². The summed E-state index contributed by atoms with van der Waals surface area (Å²) in [6, 6.07) is 1.92. The number of nitrogens with zero attached hydrogens (tertiary/aromatic N) is 1. The minimum atomic E-state index is 0.900. The number of methoxy groups -OCH3 is 1. The Morgan fingerprint density at radius 2 is 2.45 bits per heavy atom. The highest BCUT2D eigenvalue weighted by atomic mass is 32.2. The fourth-order valence-corrected chi connectivity index (χ4v) is 1.62. The third-order valence-electron chi connectivity index (χ3n) is 1.44. The number of ether oxygens (including phenoxy) is 1. The summed E-state index contributed by atoms with van der Waals surface area (Å²) in [6.07, 6.45) is 5.70. The minimum absolute atomic E-state index is 0.900. The molecule has 0 aliphatic rings. The number of hydrogen-bond donors (Lipinski definition) is 0. The van der Waals surface area contributed by atoms with Gasteiger partial charge in [-0.3, -0.25) is 0 Å². The van der Waals surface area contributed by atoms with Crippen molar-refractivity contribution >= 4 is 18.0 Å². The topological polar surface area (TPSA) is 14.2 Å². The van der Waals surface area contributed by atoms with Gasteiger partial charge in [0.1, 0.15) is 5.03 Å². The molecule has 3 heteroatoms. The van der Waals surface area contributed by atoms with Crippen LogP contribution in [-0.2, 0) is 0 Å². The van der Waals surface area contributed by atoms with Crippen LogP contribution in [0, 0.1) is 0 Å². The van der Waals surface area contributed by atoms with Crippen molar-refractivity contribution in [2.45, 2.75) is 5.03 Å². The van der Waals surface area contributed by atoms with Crippen molar-refractivity contribution in [3.05, 3.63) is 18.8 Å². The maximum absolute atomic E-state index is 5.13. The standard InChI is InChI=1S/C8H11NOS/c1-4-9-6-5-7(10-2)8(9)11-3/h4-6H,1H2,2-3H3. The van der Waals surface area contributed by atoms with Crippen molar-refractivity contribution in [3.63, 3.8) is 0 Å². The van der Waals surface area contributed by atoms with Crippen molar-refractivity contribution in [1.29, 1.82) is 0 Å². The molecule has 0 amide bonds. The number of rotatable bonds is 3. The zero-order chi connectivity index (χ0) is 8.27. The van der Waals surface area contributed by atoms with Gasteiger partial charge in [-0.25, -0.2) is 0 Å². The fraction of sp³-hybridized carbons (Fsp3) is 0.250. The van der Waals surface area contributed by atoms with Crippen LogP contribution in [0.4, 0.5) is 0 Å². The van der Waals surface area contributed by atoms with E-state index in [0.717, 1.165) is 10.8 Å². The van der Waals surface area contributed by atoms with Gasteiger partial charge in [0, 0.05) is 12.4 Å². The van der Waals surface area contributed by atoms with Gasteiger partial charge >= 0.3 is 0 Å². The molecule has 11 heavy (non-hydrogen) atoms. The number of hydrogen-bond acceptors (Lipinski definition) is 2. The van der Waals surface area contributed by atoms with E-state index in [1.54, 1.807) is 25.1 Å². The molecule has 2 nitrogen and oxygen atoms in total. The fourth-order valence-electron chi connectivity index (χ4n) is 0.919. The van der Waals surface area contributed by atoms with Crippen molar-refractivity contribution in [2.24, 2.45) is 0 Å². The zero-order valence-electron chi connectivity index (χ0n) is 6.70. The van der Waals surface area contributed by atoms with Crippen LogP contribution in [0.15, 0.2) is 23.9 Å². The average molecular weight is 169 g/mol. The molecular formula is C8H11NOS. The van der Waals surface area contributed by atoms with E-state index in [2.05, 4.69) is 6.58 Å². The van der Waals surface area contributed by atoms with E-state index in [1.165, 1.54) is 0 Å².